The van der Waals surface area contributed by atoms with Gasteiger partial charge in [0, 0.05) is 11.5 Å². The van der Waals surface area contributed by atoms with Crippen LogP contribution in [0.15, 0.2) is 80.5 Å². The number of carbonyl (C=O) groups is 1. The minimum Gasteiger partial charge on any atom is -0.450 e. The minimum atomic E-state index is -0.898. The molecule has 0 saturated carbocycles. The van der Waals surface area contributed by atoms with Crippen LogP contribution in [0.5, 0.6) is 0 Å². The maximum Gasteiger partial charge on any atom is 0.296 e. The number of fused-ring (bicyclic) bond motifs is 4. The zero-order valence-corrected chi connectivity index (χ0v) is 16.8. The molecule has 1 aliphatic heterocycles. The highest BCUT2D eigenvalue weighted by Gasteiger charge is 2.45. The number of hydrogen-bond donors (Lipinski definition) is 0. The molecular formula is C25H15FN2O4. The molecule has 0 fully saturated rings. The first-order chi connectivity index (χ1) is 15.5. The lowest BCUT2D eigenvalue weighted by Crippen LogP contribution is -2.29. The molecule has 2 aromatic heterocycles. The Bertz CT molecular complexity index is 1620. The summed E-state index contributed by atoms with van der Waals surface area (Å²) in [5, 5.41) is 5.95. The van der Waals surface area contributed by atoms with E-state index in [1.807, 2.05) is 30.3 Å². The molecule has 3 aromatic carbocycles. The maximum atomic E-state index is 14.1. The third-order valence-corrected chi connectivity index (χ3v) is 5.79. The van der Waals surface area contributed by atoms with Crippen molar-refractivity contribution in [1.29, 1.82) is 0 Å². The van der Waals surface area contributed by atoms with Gasteiger partial charge in [-0.25, -0.2) is 4.39 Å². The molecule has 0 radical (unpaired) electrons. The number of rotatable bonds is 2. The molecule has 0 bridgehead atoms. The first kappa shape index (κ1) is 18.5. The fraction of sp³-hybridized carbons (Fsp3) is 0.0800. The molecular weight excluding hydrogens is 411 g/mol. The average Bonchev–Trinajstić information content (AvgIpc) is 3.35. The van der Waals surface area contributed by atoms with Crippen LogP contribution in [0.1, 0.15) is 33.5 Å². The van der Waals surface area contributed by atoms with Crippen molar-refractivity contribution < 1.29 is 18.1 Å². The van der Waals surface area contributed by atoms with Crippen molar-refractivity contribution >= 4 is 33.5 Å². The SMILES string of the molecule is Cc1cc(N2C(=O)c3oc4c(ccc5ccccc54)c(=O)c3[C@@H]2c2cccc(F)c2)no1. The van der Waals surface area contributed by atoms with Gasteiger partial charge in [0.05, 0.1) is 17.0 Å². The van der Waals surface area contributed by atoms with Gasteiger partial charge in [0.1, 0.15) is 17.2 Å². The van der Waals surface area contributed by atoms with Crippen LogP contribution in [-0.2, 0) is 0 Å². The predicted molar refractivity (Wildman–Crippen MR) is 116 cm³/mol. The second kappa shape index (κ2) is 6.62. The number of anilines is 1. The van der Waals surface area contributed by atoms with Crippen molar-refractivity contribution in [1.82, 2.24) is 5.16 Å². The van der Waals surface area contributed by atoms with Crippen LogP contribution in [0.2, 0.25) is 0 Å². The number of nitrogens with zero attached hydrogens (tertiary/aromatic N) is 2. The van der Waals surface area contributed by atoms with Gasteiger partial charge in [-0.05, 0) is 36.1 Å². The summed E-state index contributed by atoms with van der Waals surface area (Å²) in [7, 11) is 0. The first-order valence-electron chi connectivity index (χ1n) is 10.0. The summed E-state index contributed by atoms with van der Waals surface area (Å²) in [5.74, 6) is -0.363. The van der Waals surface area contributed by atoms with E-state index in [4.69, 9.17) is 8.94 Å². The van der Waals surface area contributed by atoms with Gasteiger partial charge in [-0.15, -0.1) is 0 Å². The van der Waals surface area contributed by atoms with E-state index in [1.165, 1.54) is 23.1 Å². The molecule has 0 spiro atoms. The lowest BCUT2D eigenvalue weighted by molar-refractivity contribution is 0.0969. The fourth-order valence-corrected chi connectivity index (χ4v) is 4.40. The summed E-state index contributed by atoms with van der Waals surface area (Å²) in [6.45, 7) is 1.70. The normalized spacial score (nSPS) is 15.6. The summed E-state index contributed by atoms with van der Waals surface area (Å²) < 4.78 is 25.4. The molecule has 6 rings (SSSR count). The van der Waals surface area contributed by atoms with Crippen LogP contribution >= 0.6 is 0 Å². The second-order valence-corrected chi connectivity index (χ2v) is 7.77. The van der Waals surface area contributed by atoms with Crippen molar-refractivity contribution in [2.24, 2.45) is 0 Å². The molecule has 3 heterocycles. The number of carbonyl (C=O) groups excluding carboxylic acids is 1. The molecule has 0 saturated heterocycles. The van der Waals surface area contributed by atoms with Crippen LogP contribution in [-0.4, -0.2) is 11.1 Å². The summed E-state index contributed by atoms with van der Waals surface area (Å²) in [6, 6.07) is 17.5. The molecule has 1 aliphatic rings. The Kier molecular flexibility index (Phi) is 3.83. The molecule has 7 heteroatoms. The van der Waals surface area contributed by atoms with Gasteiger partial charge >= 0.3 is 0 Å². The quantitative estimate of drug-likeness (QED) is 0.366. The monoisotopic (exact) mass is 426 g/mol. The van der Waals surface area contributed by atoms with Crippen LogP contribution in [0, 0.1) is 12.7 Å². The van der Waals surface area contributed by atoms with Crippen molar-refractivity contribution in [3.05, 3.63) is 105 Å². The molecule has 1 amide bonds. The summed E-state index contributed by atoms with van der Waals surface area (Å²) in [5.41, 5.74) is 0.600. The van der Waals surface area contributed by atoms with E-state index in [0.717, 1.165) is 10.8 Å². The molecule has 32 heavy (non-hydrogen) atoms. The summed E-state index contributed by atoms with van der Waals surface area (Å²) >= 11 is 0. The maximum absolute atomic E-state index is 14.1. The molecule has 5 aromatic rings. The molecule has 0 aliphatic carbocycles. The Morgan fingerprint density at radius 1 is 0.969 bits per heavy atom. The minimum absolute atomic E-state index is 0.0752. The van der Waals surface area contributed by atoms with Gasteiger partial charge in [-0.1, -0.05) is 47.6 Å². The van der Waals surface area contributed by atoms with E-state index in [1.54, 1.807) is 25.1 Å². The highest BCUT2D eigenvalue weighted by atomic mass is 19.1. The predicted octanol–water partition coefficient (Wildman–Crippen LogP) is 5.13. The standard InChI is InChI=1S/C25H15FN2O4/c1-13-11-19(27-32-13)28-21(15-6-4-7-16(26)12-15)20-22(29)18-10-9-14-5-2-3-8-17(14)23(18)31-24(20)25(28)30/h2-12,21H,1H3/t21-/m0/s1. The second-order valence-electron chi connectivity index (χ2n) is 7.77. The summed E-state index contributed by atoms with van der Waals surface area (Å²) in [6.07, 6.45) is 0. The number of aromatic nitrogens is 1. The van der Waals surface area contributed by atoms with E-state index in [2.05, 4.69) is 5.16 Å². The first-order valence-corrected chi connectivity index (χ1v) is 10.0. The third-order valence-electron chi connectivity index (χ3n) is 5.79. The molecule has 1 atom stereocenters. The van der Waals surface area contributed by atoms with Crippen molar-refractivity contribution in [3.8, 4) is 0 Å². The zero-order valence-electron chi connectivity index (χ0n) is 16.8. The van der Waals surface area contributed by atoms with E-state index in [9.17, 15) is 14.0 Å². The number of amides is 1. The average molecular weight is 426 g/mol. The van der Waals surface area contributed by atoms with Crippen molar-refractivity contribution in [3.63, 3.8) is 0 Å². The van der Waals surface area contributed by atoms with Crippen molar-refractivity contribution in [2.75, 3.05) is 4.90 Å². The van der Waals surface area contributed by atoms with Gasteiger partial charge in [-0.2, -0.15) is 0 Å². The Morgan fingerprint density at radius 3 is 2.59 bits per heavy atom. The fourth-order valence-electron chi connectivity index (χ4n) is 4.40. The third kappa shape index (κ3) is 2.54. The van der Waals surface area contributed by atoms with Gasteiger partial charge in [0.2, 0.25) is 5.76 Å². The number of halogens is 1. The van der Waals surface area contributed by atoms with Gasteiger partial charge in [0.25, 0.3) is 5.91 Å². The van der Waals surface area contributed by atoms with Gasteiger partial charge in [0.15, 0.2) is 11.2 Å². The molecule has 0 N–H and O–H groups in total. The number of hydrogen-bond acceptors (Lipinski definition) is 5. The van der Waals surface area contributed by atoms with Crippen LogP contribution in [0.3, 0.4) is 0 Å². The zero-order chi connectivity index (χ0) is 22.0. The van der Waals surface area contributed by atoms with E-state index in [-0.39, 0.29) is 22.6 Å². The van der Waals surface area contributed by atoms with Gasteiger partial charge in [-0.3, -0.25) is 14.5 Å². The molecule has 156 valence electrons. The smallest absolute Gasteiger partial charge is 0.296 e. The topological polar surface area (TPSA) is 76.6 Å². The van der Waals surface area contributed by atoms with E-state index in [0.29, 0.717) is 22.3 Å². The number of aryl methyl sites for hydroxylation is 1. The Labute approximate surface area is 180 Å². The number of benzene rings is 3. The lowest BCUT2D eigenvalue weighted by atomic mass is 9.97. The largest absolute Gasteiger partial charge is 0.450 e. The van der Waals surface area contributed by atoms with E-state index >= 15 is 0 Å². The van der Waals surface area contributed by atoms with Crippen molar-refractivity contribution in [2.45, 2.75) is 13.0 Å². The Hall–Kier alpha value is -4.26. The Morgan fingerprint density at radius 2 is 1.81 bits per heavy atom. The van der Waals surface area contributed by atoms with Crippen LogP contribution in [0.25, 0.3) is 21.7 Å². The Balaban J connectivity index is 1.70. The highest BCUT2D eigenvalue weighted by molar-refractivity contribution is 6.12. The van der Waals surface area contributed by atoms with Crippen LogP contribution < -0.4 is 10.3 Å². The molecule has 0 unspecified atom stereocenters. The van der Waals surface area contributed by atoms with Gasteiger partial charge < -0.3 is 8.94 Å². The summed E-state index contributed by atoms with van der Waals surface area (Å²) in [4.78, 5) is 28.5. The van der Waals surface area contributed by atoms with Crippen LogP contribution in [0.4, 0.5) is 10.2 Å². The molecule has 6 nitrogen and oxygen atoms in total. The lowest BCUT2D eigenvalue weighted by Gasteiger charge is -2.22. The van der Waals surface area contributed by atoms with E-state index < -0.39 is 17.8 Å². The highest BCUT2D eigenvalue weighted by Crippen LogP contribution is 2.41.